The molecule has 0 atom stereocenters. The first-order chi connectivity index (χ1) is 13.5. The Balaban J connectivity index is 0.000000878. The molecule has 1 aromatic heterocycles. The fraction of sp³-hybridized carbons (Fsp3) is 0.500. The summed E-state index contributed by atoms with van der Waals surface area (Å²) in [7, 11) is 0. The predicted molar refractivity (Wildman–Crippen MR) is 113 cm³/mol. The highest BCUT2D eigenvalue weighted by Gasteiger charge is 2.15. The fourth-order valence-corrected chi connectivity index (χ4v) is 3.64. The molecule has 1 fully saturated rings. The zero-order valence-corrected chi connectivity index (χ0v) is 17.0. The molecule has 3 rings (SSSR count). The summed E-state index contributed by atoms with van der Waals surface area (Å²) in [5.74, 6) is 0.994. The number of carbonyl (C=O) groups is 2. The number of hydrogen-bond acceptors (Lipinski definition) is 4. The van der Waals surface area contributed by atoms with E-state index in [2.05, 4.69) is 49.6 Å². The van der Waals surface area contributed by atoms with Crippen molar-refractivity contribution in [3.05, 3.63) is 34.9 Å². The number of anilines is 1. The minimum Gasteiger partial charge on any atom is -0.483 e. The first-order valence-electron chi connectivity index (χ1n) is 9.95. The first-order valence-corrected chi connectivity index (χ1v) is 9.95. The zero-order chi connectivity index (χ0) is 20.5. The molecule has 3 N–H and O–H groups in total. The van der Waals surface area contributed by atoms with Crippen molar-refractivity contribution in [1.82, 2.24) is 10.3 Å². The number of fused-ring (bicyclic) bond motifs is 1. The van der Waals surface area contributed by atoms with Gasteiger partial charge in [0, 0.05) is 24.4 Å². The molecule has 1 amide bonds. The largest absolute Gasteiger partial charge is 0.483 e. The van der Waals surface area contributed by atoms with Crippen LogP contribution in [0, 0.1) is 20.8 Å². The van der Waals surface area contributed by atoms with Crippen molar-refractivity contribution in [2.24, 2.45) is 0 Å². The lowest BCUT2D eigenvalue weighted by atomic mass is 9.95. The Kier molecular flexibility index (Phi) is 8.23. The monoisotopic (exact) mass is 385 g/mol. The molecule has 1 aromatic carbocycles. The van der Waals surface area contributed by atoms with Crippen LogP contribution in [0.25, 0.3) is 10.9 Å². The zero-order valence-electron chi connectivity index (χ0n) is 17.0. The fourth-order valence-electron chi connectivity index (χ4n) is 3.64. The number of nitrogens with one attached hydrogen (secondary N) is 2. The van der Waals surface area contributed by atoms with Gasteiger partial charge in [-0.2, -0.15) is 0 Å². The number of benzene rings is 1. The highest BCUT2D eigenvalue weighted by molar-refractivity contribution is 5.87. The van der Waals surface area contributed by atoms with Gasteiger partial charge in [-0.05, 0) is 56.4 Å². The summed E-state index contributed by atoms with van der Waals surface area (Å²) in [5.41, 5.74) is 4.74. The SMILES string of the molecule is Cc1ccc2c(C)cc(NCCC(=O)NC3CCCCC3)nc2c1C.O=CO. The second kappa shape index (κ2) is 10.6. The summed E-state index contributed by atoms with van der Waals surface area (Å²) < 4.78 is 0. The Labute approximate surface area is 166 Å². The van der Waals surface area contributed by atoms with Crippen LogP contribution in [-0.4, -0.2) is 35.1 Å². The van der Waals surface area contributed by atoms with Crippen LogP contribution in [0.15, 0.2) is 18.2 Å². The molecule has 1 aliphatic carbocycles. The molecule has 6 nitrogen and oxygen atoms in total. The van der Waals surface area contributed by atoms with E-state index in [4.69, 9.17) is 14.9 Å². The maximum atomic E-state index is 12.1. The van der Waals surface area contributed by atoms with Crippen molar-refractivity contribution in [2.45, 2.75) is 65.3 Å². The molecule has 0 aliphatic heterocycles. The van der Waals surface area contributed by atoms with Crippen LogP contribution in [-0.2, 0) is 9.59 Å². The molecule has 152 valence electrons. The summed E-state index contributed by atoms with van der Waals surface area (Å²) in [4.78, 5) is 25.2. The molecular weight excluding hydrogens is 354 g/mol. The normalized spacial score (nSPS) is 14.1. The Morgan fingerprint density at radius 3 is 2.54 bits per heavy atom. The van der Waals surface area contributed by atoms with Crippen molar-refractivity contribution >= 4 is 29.1 Å². The van der Waals surface area contributed by atoms with E-state index in [9.17, 15) is 4.79 Å². The van der Waals surface area contributed by atoms with Gasteiger partial charge in [0.1, 0.15) is 5.82 Å². The van der Waals surface area contributed by atoms with Gasteiger partial charge in [0.15, 0.2) is 0 Å². The van der Waals surface area contributed by atoms with E-state index in [-0.39, 0.29) is 12.4 Å². The van der Waals surface area contributed by atoms with E-state index in [1.165, 1.54) is 41.3 Å². The first kappa shape index (κ1) is 21.7. The van der Waals surface area contributed by atoms with E-state index in [1.54, 1.807) is 0 Å². The molecule has 1 saturated carbocycles. The maximum Gasteiger partial charge on any atom is 0.290 e. The van der Waals surface area contributed by atoms with Gasteiger partial charge in [-0.1, -0.05) is 31.4 Å². The number of aryl methyl sites for hydroxylation is 3. The molecule has 0 spiro atoms. The Morgan fingerprint density at radius 1 is 1.18 bits per heavy atom. The molecule has 0 radical (unpaired) electrons. The third-order valence-electron chi connectivity index (χ3n) is 5.34. The van der Waals surface area contributed by atoms with E-state index in [0.29, 0.717) is 19.0 Å². The van der Waals surface area contributed by atoms with Crippen molar-refractivity contribution in [3.8, 4) is 0 Å². The van der Waals surface area contributed by atoms with Crippen LogP contribution in [0.3, 0.4) is 0 Å². The topological polar surface area (TPSA) is 91.3 Å². The number of nitrogens with zero attached hydrogens (tertiary/aromatic N) is 1. The number of carbonyl (C=O) groups excluding carboxylic acids is 1. The van der Waals surface area contributed by atoms with E-state index in [0.717, 1.165) is 24.2 Å². The second-order valence-electron chi connectivity index (χ2n) is 7.41. The second-order valence-corrected chi connectivity index (χ2v) is 7.41. The van der Waals surface area contributed by atoms with Crippen LogP contribution >= 0.6 is 0 Å². The minimum atomic E-state index is -0.250. The maximum absolute atomic E-state index is 12.1. The van der Waals surface area contributed by atoms with Crippen LogP contribution in [0.2, 0.25) is 0 Å². The van der Waals surface area contributed by atoms with Gasteiger partial charge in [0.25, 0.3) is 6.47 Å². The number of carboxylic acid groups (broad SMARTS) is 1. The molecule has 0 bridgehead atoms. The van der Waals surface area contributed by atoms with Crippen molar-refractivity contribution < 1.29 is 14.7 Å². The Morgan fingerprint density at radius 2 is 1.86 bits per heavy atom. The van der Waals surface area contributed by atoms with Gasteiger partial charge in [0.05, 0.1) is 5.52 Å². The lowest BCUT2D eigenvalue weighted by Crippen LogP contribution is -2.36. The van der Waals surface area contributed by atoms with Crippen LogP contribution < -0.4 is 10.6 Å². The van der Waals surface area contributed by atoms with Crippen LogP contribution in [0.1, 0.15) is 55.2 Å². The van der Waals surface area contributed by atoms with Gasteiger partial charge in [0.2, 0.25) is 5.91 Å². The number of aromatic nitrogens is 1. The number of rotatable bonds is 5. The number of amides is 1. The Bertz CT molecular complexity index is 814. The smallest absolute Gasteiger partial charge is 0.290 e. The molecule has 1 heterocycles. The van der Waals surface area contributed by atoms with Crippen molar-refractivity contribution in [1.29, 1.82) is 0 Å². The van der Waals surface area contributed by atoms with E-state index >= 15 is 0 Å². The quantitative estimate of drug-likeness (QED) is 0.674. The van der Waals surface area contributed by atoms with E-state index in [1.807, 2.05) is 0 Å². The molecule has 0 saturated heterocycles. The highest BCUT2D eigenvalue weighted by atomic mass is 16.3. The summed E-state index contributed by atoms with van der Waals surface area (Å²) in [6, 6.07) is 6.74. The molecule has 0 unspecified atom stereocenters. The minimum absolute atomic E-state index is 0.143. The van der Waals surface area contributed by atoms with Crippen LogP contribution in [0.4, 0.5) is 5.82 Å². The van der Waals surface area contributed by atoms with E-state index < -0.39 is 0 Å². The number of hydrogen-bond donors (Lipinski definition) is 3. The molecule has 6 heteroatoms. The van der Waals surface area contributed by atoms with Crippen molar-refractivity contribution in [3.63, 3.8) is 0 Å². The number of pyridine rings is 1. The summed E-state index contributed by atoms with van der Waals surface area (Å²) in [5, 5.41) is 14.6. The van der Waals surface area contributed by atoms with Gasteiger partial charge in [-0.3, -0.25) is 9.59 Å². The molecule has 2 aromatic rings. The third kappa shape index (κ3) is 5.94. The van der Waals surface area contributed by atoms with Gasteiger partial charge in [-0.15, -0.1) is 0 Å². The van der Waals surface area contributed by atoms with Gasteiger partial charge in [-0.25, -0.2) is 4.98 Å². The van der Waals surface area contributed by atoms with Crippen molar-refractivity contribution in [2.75, 3.05) is 11.9 Å². The van der Waals surface area contributed by atoms with Crippen LogP contribution in [0.5, 0.6) is 0 Å². The predicted octanol–water partition coefficient (Wildman–Crippen LogP) is 4.11. The molecule has 1 aliphatic rings. The third-order valence-corrected chi connectivity index (χ3v) is 5.34. The summed E-state index contributed by atoms with van der Waals surface area (Å²) >= 11 is 0. The molecular formula is C22H31N3O3. The highest BCUT2D eigenvalue weighted by Crippen LogP contribution is 2.25. The molecule has 28 heavy (non-hydrogen) atoms. The van der Waals surface area contributed by atoms with Gasteiger partial charge < -0.3 is 15.7 Å². The lowest BCUT2D eigenvalue weighted by Gasteiger charge is -2.22. The summed E-state index contributed by atoms with van der Waals surface area (Å²) in [6.07, 6.45) is 6.53. The lowest BCUT2D eigenvalue weighted by molar-refractivity contribution is -0.123. The summed E-state index contributed by atoms with van der Waals surface area (Å²) in [6.45, 7) is 6.70. The average Bonchev–Trinajstić information content (AvgIpc) is 2.66. The standard InChI is InChI=1S/C21H29N3O.CH2O2/c1-14-9-10-18-15(2)13-19(24-21(18)16(14)3)22-12-11-20(25)23-17-7-5-4-6-8-17;2-1-3/h9-10,13,17H,4-8,11-12H2,1-3H3,(H,22,24)(H,23,25);1H,(H,2,3). The Hall–Kier alpha value is -2.63. The average molecular weight is 386 g/mol. The van der Waals surface area contributed by atoms with Gasteiger partial charge >= 0.3 is 0 Å².